The van der Waals surface area contributed by atoms with E-state index in [1.54, 1.807) is 0 Å². The summed E-state index contributed by atoms with van der Waals surface area (Å²) in [5.74, 6) is 0. The predicted octanol–water partition coefficient (Wildman–Crippen LogP) is 13.1. The molecule has 48 heavy (non-hydrogen) atoms. The van der Waals surface area contributed by atoms with E-state index < -0.39 is 0 Å². The molecule has 228 valence electrons. The van der Waals surface area contributed by atoms with Crippen LogP contribution in [-0.2, 0) is 10.8 Å². The van der Waals surface area contributed by atoms with Crippen LogP contribution in [0.15, 0.2) is 146 Å². The van der Waals surface area contributed by atoms with Crippen LogP contribution in [0.2, 0.25) is 0 Å². The smallest absolute Gasteiger partial charge is 0.0159 e. The van der Waals surface area contributed by atoms with Crippen molar-refractivity contribution >= 4 is 32.3 Å². The fourth-order valence-electron chi connectivity index (χ4n) is 9.04. The summed E-state index contributed by atoms with van der Waals surface area (Å²) in [6, 6.07) is 54.9. The highest BCUT2D eigenvalue weighted by Crippen LogP contribution is 2.56. The van der Waals surface area contributed by atoms with Crippen molar-refractivity contribution in [2.75, 3.05) is 0 Å². The van der Waals surface area contributed by atoms with Crippen molar-refractivity contribution in [1.82, 2.24) is 0 Å². The summed E-state index contributed by atoms with van der Waals surface area (Å²) < 4.78 is 0. The topological polar surface area (TPSA) is 0 Å². The highest BCUT2D eigenvalue weighted by atomic mass is 14.4. The first kappa shape index (κ1) is 27.6. The summed E-state index contributed by atoms with van der Waals surface area (Å²) in [7, 11) is 0. The van der Waals surface area contributed by atoms with Crippen LogP contribution < -0.4 is 0 Å². The van der Waals surface area contributed by atoms with Crippen LogP contribution in [-0.4, -0.2) is 0 Å². The Kier molecular flexibility index (Phi) is 5.50. The van der Waals surface area contributed by atoms with Gasteiger partial charge in [-0.05, 0) is 123 Å². The summed E-state index contributed by atoms with van der Waals surface area (Å²) in [5.41, 5.74) is 16.1. The lowest BCUT2D eigenvalue weighted by molar-refractivity contribution is 0.660. The molecule has 0 bridgehead atoms. The van der Waals surface area contributed by atoms with Gasteiger partial charge in [-0.3, -0.25) is 0 Å². The van der Waals surface area contributed by atoms with Crippen molar-refractivity contribution < 1.29 is 0 Å². The van der Waals surface area contributed by atoms with E-state index in [4.69, 9.17) is 0 Å². The zero-order valence-electron chi connectivity index (χ0n) is 27.9. The Bertz CT molecular complexity index is 2660. The van der Waals surface area contributed by atoms with Gasteiger partial charge < -0.3 is 0 Å². The fraction of sp³-hybridized carbons (Fsp3) is 0.125. The quantitative estimate of drug-likeness (QED) is 0.182. The Labute approximate surface area is 282 Å². The molecule has 0 heterocycles. The van der Waals surface area contributed by atoms with Gasteiger partial charge in [-0.15, -0.1) is 0 Å². The first-order chi connectivity index (χ1) is 23.3. The van der Waals surface area contributed by atoms with E-state index in [0.29, 0.717) is 0 Å². The van der Waals surface area contributed by atoms with Gasteiger partial charge in [0.25, 0.3) is 0 Å². The van der Waals surface area contributed by atoms with Gasteiger partial charge in [-0.25, -0.2) is 0 Å². The van der Waals surface area contributed by atoms with Crippen LogP contribution in [0.1, 0.15) is 49.9 Å². The minimum atomic E-state index is -0.117. The molecule has 0 aliphatic heterocycles. The van der Waals surface area contributed by atoms with Gasteiger partial charge in [0.15, 0.2) is 0 Å². The molecule has 0 saturated heterocycles. The molecule has 10 rings (SSSR count). The van der Waals surface area contributed by atoms with Crippen molar-refractivity contribution in [2.24, 2.45) is 0 Å². The molecular weight excluding hydrogens is 577 g/mol. The van der Waals surface area contributed by atoms with Gasteiger partial charge in [-0.1, -0.05) is 149 Å². The second-order valence-corrected chi connectivity index (χ2v) is 14.9. The maximum absolute atomic E-state index is 2.51. The standard InChI is InChI=1S/C48H36/c1-47(2)41-24-21-30-12-7-8-14-35(30)45(41)46-39-16-10-9-15-36(39)40(28-44(46)47)34-20-23-38-37-22-19-33(26-42(37)48(3,4)43(38)27-34)32-18-17-29-11-5-6-13-31(29)25-32/h5-28H,1-4H3. The van der Waals surface area contributed by atoms with E-state index in [9.17, 15) is 0 Å². The maximum Gasteiger partial charge on any atom is 0.0159 e. The van der Waals surface area contributed by atoms with Crippen LogP contribution in [0, 0.1) is 0 Å². The van der Waals surface area contributed by atoms with E-state index in [0.717, 1.165) is 0 Å². The summed E-state index contributed by atoms with van der Waals surface area (Å²) >= 11 is 0. The van der Waals surface area contributed by atoms with Gasteiger partial charge in [-0.2, -0.15) is 0 Å². The molecule has 0 spiro atoms. The molecule has 8 aromatic rings. The molecule has 0 amide bonds. The highest BCUT2D eigenvalue weighted by Gasteiger charge is 2.39. The lowest BCUT2D eigenvalue weighted by Gasteiger charge is -2.24. The number of hydrogen-bond acceptors (Lipinski definition) is 0. The summed E-state index contributed by atoms with van der Waals surface area (Å²) in [5, 5.41) is 7.87. The molecule has 0 heteroatoms. The van der Waals surface area contributed by atoms with E-state index in [2.05, 4.69) is 173 Å². The molecule has 0 N–H and O–H groups in total. The van der Waals surface area contributed by atoms with Crippen molar-refractivity contribution in [1.29, 1.82) is 0 Å². The lowest BCUT2D eigenvalue weighted by Crippen LogP contribution is -2.15. The second-order valence-electron chi connectivity index (χ2n) is 14.9. The molecule has 0 unspecified atom stereocenters. The van der Waals surface area contributed by atoms with E-state index >= 15 is 0 Å². The van der Waals surface area contributed by atoms with Crippen molar-refractivity contribution in [3.05, 3.63) is 168 Å². The molecule has 0 radical (unpaired) electrons. The molecule has 0 saturated carbocycles. The third-order valence-corrected chi connectivity index (χ3v) is 11.6. The Hall–Kier alpha value is -5.46. The zero-order valence-corrected chi connectivity index (χ0v) is 27.9. The van der Waals surface area contributed by atoms with Gasteiger partial charge >= 0.3 is 0 Å². The van der Waals surface area contributed by atoms with Gasteiger partial charge in [0.1, 0.15) is 0 Å². The normalized spacial score (nSPS) is 15.0. The van der Waals surface area contributed by atoms with Gasteiger partial charge in [0.05, 0.1) is 0 Å². The number of fused-ring (bicyclic) bond motifs is 11. The number of benzene rings is 8. The first-order valence-electron chi connectivity index (χ1n) is 17.2. The average molecular weight is 613 g/mol. The van der Waals surface area contributed by atoms with Crippen LogP contribution >= 0.6 is 0 Å². The minimum Gasteiger partial charge on any atom is -0.0616 e. The molecule has 0 fully saturated rings. The van der Waals surface area contributed by atoms with Crippen LogP contribution in [0.5, 0.6) is 0 Å². The van der Waals surface area contributed by atoms with Gasteiger partial charge in [0, 0.05) is 10.8 Å². The Morgan fingerprint density at radius 3 is 1.60 bits per heavy atom. The van der Waals surface area contributed by atoms with E-state index in [1.807, 2.05) is 0 Å². The van der Waals surface area contributed by atoms with Gasteiger partial charge in [0.2, 0.25) is 0 Å². The fourth-order valence-corrected chi connectivity index (χ4v) is 9.04. The second kappa shape index (κ2) is 9.55. The molecule has 2 aliphatic carbocycles. The van der Waals surface area contributed by atoms with E-state index in [-0.39, 0.29) is 10.8 Å². The highest BCUT2D eigenvalue weighted by molar-refractivity contribution is 6.14. The monoisotopic (exact) mass is 612 g/mol. The van der Waals surface area contributed by atoms with Crippen molar-refractivity contribution in [3.63, 3.8) is 0 Å². The van der Waals surface area contributed by atoms with Crippen molar-refractivity contribution in [3.8, 4) is 44.5 Å². The first-order valence-corrected chi connectivity index (χ1v) is 17.2. The molecule has 0 aromatic heterocycles. The maximum atomic E-state index is 2.51. The molecule has 2 aliphatic rings. The Morgan fingerprint density at radius 1 is 0.312 bits per heavy atom. The third-order valence-electron chi connectivity index (χ3n) is 11.6. The lowest BCUT2D eigenvalue weighted by atomic mass is 9.79. The predicted molar refractivity (Wildman–Crippen MR) is 205 cm³/mol. The SMILES string of the molecule is CC1(C)c2cc(-c3ccc4ccccc4c3)ccc2-c2ccc(-c3cc4c(c5ccccc35)-c3c(ccc5ccccc35)C4(C)C)cc21. The summed E-state index contributed by atoms with van der Waals surface area (Å²) in [4.78, 5) is 0. The molecular formula is C48H36. The Balaban J connectivity index is 1.14. The number of rotatable bonds is 2. The minimum absolute atomic E-state index is 0.0983. The molecule has 0 nitrogen and oxygen atoms in total. The average Bonchev–Trinajstić information content (AvgIpc) is 3.50. The number of hydrogen-bond donors (Lipinski definition) is 0. The van der Waals surface area contributed by atoms with Crippen molar-refractivity contribution in [2.45, 2.75) is 38.5 Å². The zero-order chi connectivity index (χ0) is 32.4. The summed E-state index contributed by atoms with van der Waals surface area (Å²) in [6.07, 6.45) is 0. The third kappa shape index (κ3) is 3.66. The van der Waals surface area contributed by atoms with E-state index in [1.165, 1.54) is 99.1 Å². The largest absolute Gasteiger partial charge is 0.0616 e. The van der Waals surface area contributed by atoms with Crippen LogP contribution in [0.25, 0.3) is 76.8 Å². The molecule has 8 aromatic carbocycles. The summed E-state index contributed by atoms with van der Waals surface area (Å²) in [6.45, 7) is 9.61. The van der Waals surface area contributed by atoms with Crippen LogP contribution in [0.4, 0.5) is 0 Å². The van der Waals surface area contributed by atoms with Crippen LogP contribution in [0.3, 0.4) is 0 Å². The molecule has 0 atom stereocenters. The Morgan fingerprint density at radius 2 is 0.833 bits per heavy atom.